The summed E-state index contributed by atoms with van der Waals surface area (Å²) in [4.78, 5) is 10.5. The van der Waals surface area contributed by atoms with E-state index >= 15 is 0 Å². The Balaban J connectivity index is 3.39. The van der Waals surface area contributed by atoms with Gasteiger partial charge in [0.25, 0.3) is 0 Å². The molecule has 0 aromatic heterocycles. The lowest BCUT2D eigenvalue weighted by Gasteiger charge is -1.92. The van der Waals surface area contributed by atoms with Gasteiger partial charge >= 0.3 is 0 Å². The molecular formula is C7H8N2O. The van der Waals surface area contributed by atoms with Crippen LogP contribution in [0, 0.1) is 23.2 Å². The van der Waals surface area contributed by atoms with Crippen LogP contribution in [0.15, 0.2) is 0 Å². The minimum atomic E-state index is -0.273. The molecule has 1 N–H and O–H groups in total. The van der Waals surface area contributed by atoms with Crippen molar-refractivity contribution in [2.24, 2.45) is 0 Å². The van der Waals surface area contributed by atoms with Gasteiger partial charge in [-0.1, -0.05) is 5.92 Å². The van der Waals surface area contributed by atoms with Crippen LogP contribution in [-0.4, -0.2) is 12.5 Å². The van der Waals surface area contributed by atoms with E-state index in [1.807, 2.05) is 0 Å². The minimum Gasteiger partial charge on any atom is -0.344 e. The molecule has 0 atom stereocenters. The molecule has 0 aliphatic rings. The second-order valence-corrected chi connectivity index (χ2v) is 1.54. The van der Waals surface area contributed by atoms with Crippen LogP contribution < -0.4 is 5.32 Å². The van der Waals surface area contributed by atoms with E-state index in [1.165, 1.54) is 0 Å². The zero-order chi connectivity index (χ0) is 7.82. The first-order valence-electron chi connectivity index (χ1n) is 2.84. The molecule has 0 aliphatic carbocycles. The highest BCUT2D eigenvalue weighted by molar-refractivity contribution is 5.78. The van der Waals surface area contributed by atoms with Crippen molar-refractivity contribution in [3.63, 3.8) is 0 Å². The summed E-state index contributed by atoms with van der Waals surface area (Å²) in [7, 11) is 0. The topological polar surface area (TPSA) is 52.9 Å². The molecule has 0 aliphatic heterocycles. The Labute approximate surface area is 60.0 Å². The monoisotopic (exact) mass is 136 g/mol. The van der Waals surface area contributed by atoms with E-state index < -0.39 is 0 Å². The summed E-state index contributed by atoms with van der Waals surface area (Å²) >= 11 is 0. The Bertz CT molecular complexity index is 204. The fourth-order valence-corrected chi connectivity index (χ4v) is 0.365. The fourth-order valence-electron chi connectivity index (χ4n) is 0.365. The van der Waals surface area contributed by atoms with Crippen molar-refractivity contribution in [2.75, 3.05) is 6.54 Å². The van der Waals surface area contributed by atoms with Gasteiger partial charge in [-0.2, -0.15) is 5.26 Å². The number of amides is 1. The first-order valence-corrected chi connectivity index (χ1v) is 2.84. The van der Waals surface area contributed by atoms with Crippen molar-refractivity contribution in [3.05, 3.63) is 0 Å². The number of rotatable bonds is 2. The van der Waals surface area contributed by atoms with E-state index in [1.54, 1.807) is 13.0 Å². The summed E-state index contributed by atoms with van der Waals surface area (Å²) in [6.07, 6.45) is -0.0919. The van der Waals surface area contributed by atoms with Gasteiger partial charge in [0.2, 0.25) is 5.91 Å². The van der Waals surface area contributed by atoms with Crippen LogP contribution in [0.1, 0.15) is 13.3 Å². The van der Waals surface area contributed by atoms with Crippen molar-refractivity contribution < 1.29 is 4.79 Å². The van der Waals surface area contributed by atoms with Gasteiger partial charge in [-0.3, -0.25) is 4.79 Å². The highest BCUT2D eigenvalue weighted by Crippen LogP contribution is 1.72. The third kappa shape index (κ3) is 4.67. The highest BCUT2D eigenvalue weighted by atomic mass is 16.1. The molecule has 3 heteroatoms. The summed E-state index contributed by atoms with van der Waals surface area (Å²) in [5.41, 5.74) is 0. The van der Waals surface area contributed by atoms with E-state index in [0.29, 0.717) is 6.54 Å². The largest absolute Gasteiger partial charge is 0.344 e. The maximum atomic E-state index is 10.5. The number of nitriles is 1. The second kappa shape index (κ2) is 5.65. The van der Waals surface area contributed by atoms with E-state index in [0.717, 1.165) is 0 Å². The van der Waals surface area contributed by atoms with Crippen LogP contribution in [0.3, 0.4) is 0 Å². The van der Waals surface area contributed by atoms with Crippen LogP contribution in [-0.2, 0) is 4.79 Å². The Kier molecular flexibility index (Phi) is 4.82. The molecule has 0 saturated carbocycles. The quantitative estimate of drug-likeness (QED) is 0.545. The highest BCUT2D eigenvalue weighted by Gasteiger charge is 1.94. The lowest BCUT2D eigenvalue weighted by Crippen LogP contribution is -2.22. The first-order chi connectivity index (χ1) is 4.81. The van der Waals surface area contributed by atoms with Crippen molar-refractivity contribution in [1.29, 1.82) is 5.26 Å². The second-order valence-electron chi connectivity index (χ2n) is 1.54. The van der Waals surface area contributed by atoms with Gasteiger partial charge in [-0.05, 0) is 6.92 Å². The standard InChI is InChI=1S/C7H8N2O/c1-2-3-6-9-7(10)4-5-8/h4,6H2,1H3,(H,9,10). The molecule has 0 heterocycles. The number of hydrogen-bond acceptors (Lipinski definition) is 2. The maximum absolute atomic E-state index is 10.5. The Morgan fingerprint density at radius 3 is 2.90 bits per heavy atom. The molecular weight excluding hydrogens is 128 g/mol. The van der Waals surface area contributed by atoms with Crippen LogP contribution in [0.5, 0.6) is 0 Å². The smallest absolute Gasteiger partial charge is 0.234 e. The molecule has 0 saturated heterocycles. The van der Waals surface area contributed by atoms with Gasteiger partial charge in [0.05, 0.1) is 12.6 Å². The molecule has 0 bridgehead atoms. The van der Waals surface area contributed by atoms with E-state index in [4.69, 9.17) is 5.26 Å². The molecule has 0 radical (unpaired) electrons. The van der Waals surface area contributed by atoms with Crippen molar-refractivity contribution in [3.8, 4) is 17.9 Å². The Hall–Kier alpha value is -1.48. The van der Waals surface area contributed by atoms with Gasteiger partial charge in [0.1, 0.15) is 6.42 Å². The predicted octanol–water partition coefficient (Wildman–Crippen LogP) is 0.0396. The molecule has 0 aromatic rings. The van der Waals surface area contributed by atoms with Crippen molar-refractivity contribution in [1.82, 2.24) is 5.32 Å². The van der Waals surface area contributed by atoms with E-state index in [2.05, 4.69) is 17.2 Å². The minimum absolute atomic E-state index is 0.0919. The summed E-state index contributed by atoms with van der Waals surface area (Å²) in [5.74, 6) is 4.99. The lowest BCUT2D eigenvalue weighted by atomic mass is 10.4. The molecule has 0 aromatic carbocycles. The number of carbonyl (C=O) groups excluding carboxylic acids is 1. The van der Waals surface area contributed by atoms with Gasteiger partial charge in [-0.25, -0.2) is 0 Å². The molecule has 10 heavy (non-hydrogen) atoms. The molecule has 52 valence electrons. The number of nitrogens with zero attached hydrogens (tertiary/aromatic N) is 1. The van der Waals surface area contributed by atoms with E-state index in [-0.39, 0.29) is 12.3 Å². The summed E-state index contributed by atoms with van der Waals surface area (Å²) in [6.45, 7) is 2.02. The summed E-state index contributed by atoms with van der Waals surface area (Å²) in [6, 6.07) is 1.73. The summed E-state index contributed by atoms with van der Waals surface area (Å²) in [5, 5.41) is 10.5. The van der Waals surface area contributed by atoms with Crippen molar-refractivity contribution >= 4 is 5.91 Å². The average Bonchev–Trinajstić information content (AvgIpc) is 1.89. The number of carbonyl (C=O) groups is 1. The van der Waals surface area contributed by atoms with Crippen LogP contribution in [0.4, 0.5) is 0 Å². The third-order valence-electron chi connectivity index (χ3n) is 0.790. The normalized spacial score (nSPS) is 6.80. The molecule has 0 unspecified atom stereocenters. The van der Waals surface area contributed by atoms with Crippen molar-refractivity contribution in [2.45, 2.75) is 13.3 Å². The zero-order valence-corrected chi connectivity index (χ0v) is 5.77. The fraction of sp³-hybridized carbons (Fsp3) is 0.429. The predicted molar refractivity (Wildman–Crippen MR) is 36.7 cm³/mol. The van der Waals surface area contributed by atoms with Crippen LogP contribution in [0.25, 0.3) is 0 Å². The molecule has 3 nitrogen and oxygen atoms in total. The average molecular weight is 136 g/mol. The van der Waals surface area contributed by atoms with Crippen LogP contribution in [0.2, 0.25) is 0 Å². The maximum Gasteiger partial charge on any atom is 0.234 e. The lowest BCUT2D eigenvalue weighted by molar-refractivity contribution is -0.119. The number of nitrogens with one attached hydrogen (secondary N) is 1. The third-order valence-corrected chi connectivity index (χ3v) is 0.790. The van der Waals surface area contributed by atoms with E-state index in [9.17, 15) is 4.79 Å². The van der Waals surface area contributed by atoms with Gasteiger partial charge in [0, 0.05) is 0 Å². The van der Waals surface area contributed by atoms with Gasteiger partial charge in [-0.15, -0.1) is 5.92 Å². The first kappa shape index (κ1) is 8.52. The van der Waals surface area contributed by atoms with Crippen LogP contribution >= 0.6 is 0 Å². The van der Waals surface area contributed by atoms with Gasteiger partial charge in [0.15, 0.2) is 0 Å². The Morgan fingerprint density at radius 1 is 1.70 bits per heavy atom. The SMILES string of the molecule is CC#CCNC(=O)CC#N. The van der Waals surface area contributed by atoms with Gasteiger partial charge < -0.3 is 5.32 Å². The molecule has 0 fully saturated rings. The Morgan fingerprint density at radius 2 is 2.40 bits per heavy atom. The summed E-state index contributed by atoms with van der Waals surface area (Å²) < 4.78 is 0. The zero-order valence-electron chi connectivity index (χ0n) is 5.77. The molecule has 0 rings (SSSR count). The number of hydrogen-bond donors (Lipinski definition) is 1. The molecule has 0 spiro atoms. The molecule has 1 amide bonds.